The van der Waals surface area contributed by atoms with Crippen molar-refractivity contribution >= 4 is 33.2 Å². The Kier molecular flexibility index (Phi) is 6.79. The molecule has 0 aromatic heterocycles. The number of carbonyl (C=O) groups is 1. The van der Waals surface area contributed by atoms with Crippen molar-refractivity contribution in [2.24, 2.45) is 0 Å². The van der Waals surface area contributed by atoms with E-state index in [-0.39, 0.29) is 17.3 Å². The summed E-state index contributed by atoms with van der Waals surface area (Å²) < 4.78 is 34.1. The molecule has 0 saturated carbocycles. The van der Waals surface area contributed by atoms with Gasteiger partial charge in [0.05, 0.1) is 30.3 Å². The summed E-state index contributed by atoms with van der Waals surface area (Å²) in [5.41, 5.74) is 1.67. The van der Waals surface area contributed by atoms with Crippen LogP contribution in [0.5, 0.6) is 0 Å². The van der Waals surface area contributed by atoms with Crippen LogP contribution in [0, 0.1) is 0 Å². The summed E-state index contributed by atoms with van der Waals surface area (Å²) in [4.78, 5) is 14.6. The van der Waals surface area contributed by atoms with Crippen LogP contribution in [0.25, 0.3) is 0 Å². The maximum absolute atomic E-state index is 13.7. The molecule has 1 aliphatic rings. The first-order valence-electron chi connectivity index (χ1n) is 10.2. The van der Waals surface area contributed by atoms with Crippen molar-refractivity contribution in [3.8, 4) is 0 Å². The molecule has 0 spiro atoms. The quantitative estimate of drug-likeness (QED) is 0.541. The van der Waals surface area contributed by atoms with Crippen molar-refractivity contribution in [3.63, 3.8) is 0 Å². The first-order chi connectivity index (χ1) is 15.4. The highest BCUT2D eigenvalue weighted by Crippen LogP contribution is 2.28. The van der Waals surface area contributed by atoms with E-state index in [0.717, 1.165) is 5.56 Å². The number of rotatable bonds is 6. The molecule has 0 aliphatic carbocycles. The third kappa shape index (κ3) is 4.96. The molecule has 1 amide bonds. The van der Waals surface area contributed by atoms with Crippen LogP contribution in [-0.2, 0) is 21.3 Å². The second-order valence-electron chi connectivity index (χ2n) is 7.41. The molecular weight excluding hydrogens is 448 g/mol. The lowest BCUT2D eigenvalue weighted by Crippen LogP contribution is -2.40. The molecule has 166 valence electrons. The van der Waals surface area contributed by atoms with Gasteiger partial charge in [-0.05, 0) is 48.0 Å². The van der Waals surface area contributed by atoms with Crippen molar-refractivity contribution < 1.29 is 17.9 Å². The number of halogens is 1. The molecule has 3 aromatic rings. The van der Waals surface area contributed by atoms with E-state index in [1.807, 2.05) is 30.3 Å². The maximum atomic E-state index is 13.7. The Bertz CT molecular complexity index is 1180. The van der Waals surface area contributed by atoms with Crippen molar-refractivity contribution in [3.05, 3.63) is 95.0 Å². The standard InChI is InChI=1S/C24H23ClN2O4S/c25-21-9-11-22(12-10-21)27(18-19-5-2-1-3-6-19)32(29,30)23-8-4-7-20(17-23)24(28)26-13-15-31-16-14-26/h1-12,17H,13-16,18H2. The Morgan fingerprint density at radius 1 is 0.938 bits per heavy atom. The molecule has 32 heavy (non-hydrogen) atoms. The molecule has 6 nitrogen and oxygen atoms in total. The zero-order chi connectivity index (χ0) is 22.6. The van der Waals surface area contributed by atoms with Crippen molar-refractivity contribution in [2.75, 3.05) is 30.6 Å². The highest BCUT2D eigenvalue weighted by molar-refractivity contribution is 7.92. The summed E-state index contributed by atoms with van der Waals surface area (Å²) in [5.74, 6) is -0.202. The third-order valence-electron chi connectivity index (χ3n) is 5.25. The van der Waals surface area contributed by atoms with Gasteiger partial charge in [-0.25, -0.2) is 8.42 Å². The number of hydrogen-bond donors (Lipinski definition) is 0. The van der Waals surface area contributed by atoms with Gasteiger partial charge in [0.1, 0.15) is 0 Å². The lowest BCUT2D eigenvalue weighted by molar-refractivity contribution is 0.0302. The second kappa shape index (κ2) is 9.73. The van der Waals surface area contributed by atoms with E-state index < -0.39 is 10.0 Å². The average Bonchev–Trinajstić information content (AvgIpc) is 2.84. The molecule has 4 rings (SSSR count). The zero-order valence-corrected chi connectivity index (χ0v) is 18.9. The van der Waals surface area contributed by atoms with Crippen LogP contribution in [-0.4, -0.2) is 45.5 Å². The summed E-state index contributed by atoms with van der Waals surface area (Å²) in [6.45, 7) is 2.07. The molecule has 0 atom stereocenters. The fourth-order valence-corrected chi connectivity index (χ4v) is 5.16. The van der Waals surface area contributed by atoms with Gasteiger partial charge in [-0.1, -0.05) is 48.0 Å². The first-order valence-corrected chi connectivity index (χ1v) is 12.1. The van der Waals surface area contributed by atoms with Crippen LogP contribution in [0.2, 0.25) is 5.02 Å². The van der Waals surface area contributed by atoms with E-state index in [1.54, 1.807) is 41.3 Å². The smallest absolute Gasteiger partial charge is 0.264 e. The Hall–Kier alpha value is -2.87. The minimum absolute atomic E-state index is 0.0579. The Morgan fingerprint density at radius 2 is 1.62 bits per heavy atom. The molecular formula is C24H23ClN2O4S. The summed E-state index contributed by atoms with van der Waals surface area (Å²) in [5, 5.41) is 0.518. The van der Waals surface area contributed by atoms with E-state index >= 15 is 0 Å². The SMILES string of the molecule is O=C(c1cccc(S(=O)(=O)N(Cc2ccccc2)c2ccc(Cl)cc2)c1)N1CCOCC1. The lowest BCUT2D eigenvalue weighted by Gasteiger charge is -2.27. The number of carbonyl (C=O) groups excluding carboxylic acids is 1. The largest absolute Gasteiger partial charge is 0.378 e. The number of ether oxygens (including phenoxy) is 1. The Labute approximate surface area is 193 Å². The second-order valence-corrected chi connectivity index (χ2v) is 9.70. The fraction of sp³-hybridized carbons (Fsp3) is 0.208. The van der Waals surface area contributed by atoms with Crippen molar-refractivity contribution in [2.45, 2.75) is 11.4 Å². The highest BCUT2D eigenvalue weighted by Gasteiger charge is 2.27. The van der Waals surface area contributed by atoms with E-state index in [0.29, 0.717) is 42.6 Å². The van der Waals surface area contributed by atoms with E-state index in [2.05, 4.69) is 0 Å². The van der Waals surface area contributed by atoms with Crippen LogP contribution in [0.3, 0.4) is 0 Å². The topological polar surface area (TPSA) is 66.9 Å². The molecule has 0 radical (unpaired) electrons. The number of nitrogens with zero attached hydrogens (tertiary/aromatic N) is 2. The van der Waals surface area contributed by atoms with Gasteiger partial charge in [-0.2, -0.15) is 0 Å². The van der Waals surface area contributed by atoms with E-state index in [4.69, 9.17) is 16.3 Å². The van der Waals surface area contributed by atoms with Gasteiger partial charge in [0.15, 0.2) is 0 Å². The summed E-state index contributed by atoms with van der Waals surface area (Å²) in [6, 6.07) is 22.2. The van der Waals surface area contributed by atoms with Gasteiger partial charge in [0.25, 0.3) is 15.9 Å². The van der Waals surface area contributed by atoms with E-state index in [1.165, 1.54) is 16.4 Å². The minimum atomic E-state index is -3.96. The lowest BCUT2D eigenvalue weighted by atomic mass is 10.2. The number of hydrogen-bond acceptors (Lipinski definition) is 4. The highest BCUT2D eigenvalue weighted by atomic mass is 35.5. The van der Waals surface area contributed by atoms with E-state index in [9.17, 15) is 13.2 Å². The molecule has 1 aliphatic heterocycles. The molecule has 0 unspecified atom stereocenters. The normalized spacial score (nSPS) is 14.2. The number of sulfonamides is 1. The first kappa shape index (κ1) is 22.3. The van der Waals surface area contributed by atoms with Crippen LogP contribution in [0.1, 0.15) is 15.9 Å². The third-order valence-corrected chi connectivity index (χ3v) is 7.27. The van der Waals surface area contributed by atoms with Gasteiger partial charge in [0, 0.05) is 23.7 Å². The van der Waals surface area contributed by atoms with Crippen molar-refractivity contribution in [1.29, 1.82) is 0 Å². The van der Waals surface area contributed by atoms with Gasteiger partial charge in [-0.3, -0.25) is 9.10 Å². The summed E-state index contributed by atoms with van der Waals surface area (Å²) in [6.07, 6.45) is 0. The Balaban J connectivity index is 1.70. The van der Waals surface area contributed by atoms with Gasteiger partial charge < -0.3 is 9.64 Å². The number of morpholine rings is 1. The monoisotopic (exact) mass is 470 g/mol. The van der Waals surface area contributed by atoms with Gasteiger partial charge >= 0.3 is 0 Å². The molecule has 1 fully saturated rings. The molecule has 1 heterocycles. The molecule has 1 saturated heterocycles. The number of benzene rings is 3. The molecule has 0 bridgehead atoms. The van der Waals surface area contributed by atoms with Crippen LogP contribution in [0.4, 0.5) is 5.69 Å². The molecule has 3 aromatic carbocycles. The number of anilines is 1. The predicted octanol–water partition coefficient (Wildman–Crippen LogP) is 4.21. The number of amides is 1. The van der Waals surface area contributed by atoms with Gasteiger partial charge in [-0.15, -0.1) is 0 Å². The zero-order valence-electron chi connectivity index (χ0n) is 17.4. The summed E-state index contributed by atoms with van der Waals surface area (Å²) >= 11 is 6.02. The van der Waals surface area contributed by atoms with Gasteiger partial charge in [0.2, 0.25) is 0 Å². The molecule has 0 N–H and O–H groups in total. The maximum Gasteiger partial charge on any atom is 0.264 e. The minimum Gasteiger partial charge on any atom is -0.378 e. The van der Waals surface area contributed by atoms with Crippen LogP contribution in [0.15, 0.2) is 83.8 Å². The summed E-state index contributed by atoms with van der Waals surface area (Å²) in [7, 11) is -3.96. The average molecular weight is 471 g/mol. The fourth-order valence-electron chi connectivity index (χ4n) is 3.54. The Morgan fingerprint density at radius 3 is 2.31 bits per heavy atom. The molecule has 8 heteroatoms. The predicted molar refractivity (Wildman–Crippen MR) is 124 cm³/mol. The van der Waals surface area contributed by atoms with Crippen LogP contribution >= 0.6 is 11.6 Å². The van der Waals surface area contributed by atoms with Crippen LogP contribution < -0.4 is 4.31 Å². The van der Waals surface area contributed by atoms with Crippen molar-refractivity contribution in [1.82, 2.24) is 4.90 Å².